The topological polar surface area (TPSA) is 80.7 Å². The lowest BCUT2D eigenvalue weighted by atomic mass is 9.78. The minimum Gasteiger partial charge on any atom is -0.464 e. The van der Waals surface area contributed by atoms with Gasteiger partial charge in [0.15, 0.2) is 0 Å². The van der Waals surface area contributed by atoms with Gasteiger partial charge in [0.1, 0.15) is 12.4 Å². The third kappa shape index (κ3) is 5.54. The van der Waals surface area contributed by atoms with Crippen molar-refractivity contribution >= 4 is 26.9 Å². The first-order valence-electron chi connectivity index (χ1n) is 8.73. The molecule has 2 aromatic rings. The highest BCUT2D eigenvalue weighted by atomic mass is 32.2. The molecular weight excluding hydrogens is 352 g/mol. The summed E-state index contributed by atoms with van der Waals surface area (Å²) >= 11 is 0. The normalized spacial score (nSPS) is 13.5. The molecule has 2 rings (SSSR count). The van der Waals surface area contributed by atoms with Crippen LogP contribution in [0.2, 0.25) is 0 Å². The maximum Gasteiger partial charge on any atom is 0.311 e. The number of ether oxygens (including phenoxy) is 1. The zero-order chi connectivity index (χ0) is 19.4. The molecule has 0 fully saturated rings. The third-order valence-electron chi connectivity index (χ3n) is 4.62. The average Bonchev–Trinajstić information content (AvgIpc) is 2.58. The number of benzene rings is 2. The van der Waals surface area contributed by atoms with Crippen LogP contribution in [-0.4, -0.2) is 31.3 Å². The van der Waals surface area contributed by atoms with Gasteiger partial charge in [0, 0.05) is 0 Å². The van der Waals surface area contributed by atoms with Gasteiger partial charge in [-0.2, -0.15) is 8.42 Å². The SMILES string of the molecule is CCC(CC(C)(C)C(=O)OCCS(=O)(=O)O)c1ccc2ccccc2c1. The molecule has 0 aliphatic rings. The van der Waals surface area contributed by atoms with Crippen molar-refractivity contribution in [3.05, 3.63) is 48.0 Å². The van der Waals surface area contributed by atoms with E-state index in [0.29, 0.717) is 6.42 Å². The van der Waals surface area contributed by atoms with Gasteiger partial charge in [-0.15, -0.1) is 0 Å². The second-order valence-corrected chi connectivity index (χ2v) is 8.79. The molecule has 0 bridgehead atoms. The number of hydrogen-bond donors (Lipinski definition) is 1. The van der Waals surface area contributed by atoms with E-state index in [4.69, 9.17) is 9.29 Å². The first kappa shape index (κ1) is 20.4. The Morgan fingerprint density at radius 2 is 1.81 bits per heavy atom. The maximum atomic E-state index is 12.3. The average molecular weight is 378 g/mol. The molecule has 1 unspecified atom stereocenters. The third-order valence-corrected chi connectivity index (χ3v) is 5.30. The Morgan fingerprint density at radius 1 is 1.15 bits per heavy atom. The van der Waals surface area contributed by atoms with Gasteiger partial charge in [0.25, 0.3) is 10.1 Å². The molecule has 0 aliphatic carbocycles. The molecule has 0 aliphatic heterocycles. The van der Waals surface area contributed by atoms with E-state index in [1.54, 1.807) is 13.8 Å². The lowest BCUT2D eigenvalue weighted by molar-refractivity contribution is -0.154. The fourth-order valence-electron chi connectivity index (χ4n) is 3.09. The summed E-state index contributed by atoms with van der Waals surface area (Å²) in [6.07, 6.45) is 1.46. The quantitative estimate of drug-likeness (QED) is 0.550. The number of rotatable bonds is 8. The molecule has 142 valence electrons. The van der Waals surface area contributed by atoms with Gasteiger partial charge in [-0.1, -0.05) is 49.4 Å². The summed E-state index contributed by atoms with van der Waals surface area (Å²) in [5.74, 6) is -0.861. The van der Waals surface area contributed by atoms with E-state index in [9.17, 15) is 13.2 Å². The van der Waals surface area contributed by atoms with E-state index < -0.39 is 27.3 Å². The van der Waals surface area contributed by atoms with Crippen LogP contribution in [0, 0.1) is 5.41 Å². The zero-order valence-electron chi connectivity index (χ0n) is 15.4. The standard InChI is InChI=1S/C20H26O5S/c1-4-15(18-10-9-16-7-5-6-8-17(16)13-18)14-20(2,3)19(21)25-11-12-26(22,23)24/h5-10,13,15H,4,11-12,14H2,1-3H3,(H,22,23,24). The summed E-state index contributed by atoms with van der Waals surface area (Å²) in [7, 11) is -4.13. The molecule has 1 atom stereocenters. The van der Waals surface area contributed by atoms with Gasteiger partial charge in [0.05, 0.1) is 5.41 Å². The first-order chi connectivity index (χ1) is 12.1. The van der Waals surface area contributed by atoms with E-state index in [1.165, 1.54) is 10.9 Å². The van der Waals surface area contributed by atoms with Gasteiger partial charge in [-0.25, -0.2) is 0 Å². The van der Waals surface area contributed by atoms with E-state index in [-0.39, 0.29) is 12.5 Å². The highest BCUT2D eigenvalue weighted by Crippen LogP contribution is 2.35. The molecule has 0 heterocycles. The summed E-state index contributed by atoms with van der Waals surface area (Å²) in [6, 6.07) is 14.5. The number of carbonyl (C=O) groups excluding carboxylic acids is 1. The fraction of sp³-hybridized carbons (Fsp3) is 0.450. The number of fused-ring (bicyclic) bond motifs is 1. The minimum absolute atomic E-state index is 0.184. The van der Waals surface area contributed by atoms with E-state index in [0.717, 1.165) is 11.8 Å². The molecule has 0 aromatic heterocycles. The smallest absolute Gasteiger partial charge is 0.311 e. The number of carbonyl (C=O) groups is 1. The van der Waals surface area contributed by atoms with Crippen molar-refractivity contribution in [3.63, 3.8) is 0 Å². The highest BCUT2D eigenvalue weighted by molar-refractivity contribution is 7.85. The molecule has 5 nitrogen and oxygen atoms in total. The van der Waals surface area contributed by atoms with Crippen LogP contribution < -0.4 is 0 Å². The van der Waals surface area contributed by atoms with Crippen molar-refractivity contribution in [2.75, 3.05) is 12.4 Å². The van der Waals surface area contributed by atoms with Crippen LogP contribution in [0.3, 0.4) is 0 Å². The lowest BCUT2D eigenvalue weighted by Gasteiger charge is -2.28. The Balaban J connectivity index is 2.09. The molecule has 26 heavy (non-hydrogen) atoms. The predicted molar refractivity (Wildman–Crippen MR) is 103 cm³/mol. The summed E-state index contributed by atoms with van der Waals surface area (Å²) in [4.78, 5) is 12.3. The fourth-order valence-corrected chi connectivity index (χ4v) is 3.39. The Hall–Kier alpha value is -1.92. The van der Waals surface area contributed by atoms with Crippen molar-refractivity contribution in [2.45, 2.75) is 39.5 Å². The van der Waals surface area contributed by atoms with Crippen molar-refractivity contribution in [1.29, 1.82) is 0 Å². The predicted octanol–water partition coefficient (Wildman–Crippen LogP) is 4.18. The molecule has 6 heteroatoms. The second kappa shape index (κ2) is 8.18. The monoisotopic (exact) mass is 378 g/mol. The number of esters is 1. The molecule has 2 aromatic carbocycles. The summed E-state index contributed by atoms with van der Waals surface area (Å²) < 4.78 is 35.3. The molecule has 0 radical (unpaired) electrons. The minimum atomic E-state index is -4.13. The number of hydrogen-bond acceptors (Lipinski definition) is 4. The van der Waals surface area contributed by atoms with Crippen molar-refractivity contribution < 1.29 is 22.5 Å². The van der Waals surface area contributed by atoms with Crippen LogP contribution in [0.5, 0.6) is 0 Å². The Kier molecular flexibility index (Phi) is 6.42. The van der Waals surface area contributed by atoms with Crippen LogP contribution >= 0.6 is 0 Å². The van der Waals surface area contributed by atoms with Crippen molar-refractivity contribution in [2.24, 2.45) is 5.41 Å². The van der Waals surface area contributed by atoms with Crippen LogP contribution in [0.4, 0.5) is 0 Å². The van der Waals surface area contributed by atoms with Crippen LogP contribution in [0.1, 0.15) is 45.1 Å². The van der Waals surface area contributed by atoms with Crippen LogP contribution in [0.15, 0.2) is 42.5 Å². The van der Waals surface area contributed by atoms with Gasteiger partial charge in [0.2, 0.25) is 0 Å². The van der Waals surface area contributed by atoms with Crippen LogP contribution in [-0.2, 0) is 19.6 Å². The van der Waals surface area contributed by atoms with Gasteiger partial charge < -0.3 is 4.74 Å². The van der Waals surface area contributed by atoms with E-state index in [2.05, 4.69) is 37.3 Å². The maximum absolute atomic E-state index is 12.3. The molecule has 0 saturated carbocycles. The molecular formula is C20H26O5S. The van der Waals surface area contributed by atoms with E-state index in [1.807, 2.05) is 12.1 Å². The summed E-state index contributed by atoms with van der Waals surface area (Å²) in [5, 5.41) is 2.34. The van der Waals surface area contributed by atoms with Gasteiger partial charge >= 0.3 is 5.97 Å². The van der Waals surface area contributed by atoms with Crippen LogP contribution in [0.25, 0.3) is 10.8 Å². The van der Waals surface area contributed by atoms with Crippen molar-refractivity contribution in [3.8, 4) is 0 Å². The first-order valence-corrected chi connectivity index (χ1v) is 10.3. The Morgan fingerprint density at radius 3 is 2.42 bits per heavy atom. The van der Waals surface area contributed by atoms with Gasteiger partial charge in [-0.3, -0.25) is 9.35 Å². The molecule has 1 N–H and O–H groups in total. The zero-order valence-corrected chi connectivity index (χ0v) is 16.3. The van der Waals surface area contributed by atoms with Gasteiger partial charge in [-0.05, 0) is 48.9 Å². The molecule has 0 spiro atoms. The Bertz CT molecular complexity index is 871. The largest absolute Gasteiger partial charge is 0.464 e. The van der Waals surface area contributed by atoms with E-state index >= 15 is 0 Å². The highest BCUT2D eigenvalue weighted by Gasteiger charge is 2.32. The van der Waals surface area contributed by atoms with Crippen molar-refractivity contribution in [1.82, 2.24) is 0 Å². The Labute approximate surface area is 155 Å². The summed E-state index contributed by atoms with van der Waals surface area (Å²) in [5.41, 5.74) is 0.413. The molecule has 0 saturated heterocycles. The second-order valence-electron chi connectivity index (χ2n) is 7.22. The molecule has 0 amide bonds. The summed E-state index contributed by atoms with van der Waals surface area (Å²) in [6.45, 7) is 5.34. The lowest BCUT2D eigenvalue weighted by Crippen LogP contribution is -2.30.